The molecule has 8 heteroatoms. The number of nitrogens with zero attached hydrogens (tertiary/aromatic N) is 2. The van der Waals surface area contributed by atoms with E-state index in [2.05, 4.69) is 39.5 Å². The molecule has 1 aliphatic heterocycles. The van der Waals surface area contributed by atoms with E-state index in [-0.39, 0.29) is 11.0 Å². The zero-order valence-corrected chi connectivity index (χ0v) is 17.9. The first-order valence-corrected chi connectivity index (χ1v) is 10.3. The summed E-state index contributed by atoms with van der Waals surface area (Å²) in [5.74, 6) is -0.346. The Bertz CT molecular complexity index is 852. The van der Waals surface area contributed by atoms with Crippen LogP contribution < -0.4 is 15.5 Å². The average Bonchev–Trinajstić information content (AvgIpc) is 2.70. The molecule has 0 spiro atoms. The lowest BCUT2D eigenvalue weighted by molar-refractivity contribution is 0.0977. The summed E-state index contributed by atoms with van der Waals surface area (Å²) in [5.41, 5.74) is 2.39. The van der Waals surface area contributed by atoms with Gasteiger partial charge in [0, 0.05) is 43.1 Å². The molecule has 0 aliphatic carbocycles. The number of benzene rings is 2. The number of carbonyl (C=O) groups is 1. The molecule has 0 bridgehead atoms. The third-order valence-electron chi connectivity index (χ3n) is 4.72. The maximum absolute atomic E-state index is 12.3. The largest absolute Gasteiger partial charge is 0.369 e. The van der Waals surface area contributed by atoms with Gasteiger partial charge in [0.1, 0.15) is 0 Å². The molecular weight excluding hydrogens is 415 g/mol. The number of piperazine rings is 1. The highest BCUT2D eigenvalue weighted by Crippen LogP contribution is 2.23. The molecule has 2 aromatic rings. The standard InChI is InChI=1S/C20H22Cl2N4OS/c1-2-25-9-11-26(12-10-25)16-6-4-15(5-7-16)23-20(28)24-19(27)14-3-8-17(21)18(22)13-14/h3-8,13H,2,9-12H2,1H3,(H2,23,24,27,28). The first-order valence-electron chi connectivity index (χ1n) is 9.11. The predicted octanol–water partition coefficient (Wildman–Crippen LogP) is 4.26. The molecule has 2 N–H and O–H groups in total. The summed E-state index contributed by atoms with van der Waals surface area (Å²) in [6.45, 7) is 7.52. The maximum atomic E-state index is 12.3. The van der Waals surface area contributed by atoms with E-state index < -0.39 is 0 Å². The monoisotopic (exact) mass is 436 g/mol. The van der Waals surface area contributed by atoms with Crippen LogP contribution in [0, 0.1) is 0 Å². The van der Waals surface area contributed by atoms with Gasteiger partial charge in [-0.25, -0.2) is 0 Å². The molecule has 0 unspecified atom stereocenters. The second-order valence-corrected chi connectivity index (χ2v) is 7.73. The lowest BCUT2D eigenvalue weighted by Crippen LogP contribution is -2.46. The Morgan fingerprint density at radius 1 is 1.04 bits per heavy atom. The van der Waals surface area contributed by atoms with Crippen LogP contribution in [-0.2, 0) is 0 Å². The van der Waals surface area contributed by atoms with E-state index in [1.54, 1.807) is 12.1 Å². The minimum absolute atomic E-state index is 0.223. The van der Waals surface area contributed by atoms with Crippen molar-refractivity contribution < 1.29 is 4.79 Å². The van der Waals surface area contributed by atoms with Crippen molar-refractivity contribution in [3.63, 3.8) is 0 Å². The fourth-order valence-corrected chi connectivity index (χ4v) is 3.56. The molecule has 2 aromatic carbocycles. The van der Waals surface area contributed by atoms with Crippen molar-refractivity contribution in [2.24, 2.45) is 0 Å². The number of nitrogens with one attached hydrogen (secondary N) is 2. The maximum Gasteiger partial charge on any atom is 0.257 e. The van der Waals surface area contributed by atoms with Crippen molar-refractivity contribution in [1.29, 1.82) is 0 Å². The van der Waals surface area contributed by atoms with Gasteiger partial charge in [0.15, 0.2) is 5.11 Å². The highest BCUT2D eigenvalue weighted by molar-refractivity contribution is 7.80. The van der Waals surface area contributed by atoms with Crippen LogP contribution in [0.25, 0.3) is 0 Å². The number of anilines is 2. The molecule has 1 saturated heterocycles. The number of halogens is 2. The summed E-state index contributed by atoms with van der Waals surface area (Å²) in [7, 11) is 0. The minimum atomic E-state index is -0.346. The van der Waals surface area contributed by atoms with Gasteiger partial charge >= 0.3 is 0 Å². The fraction of sp³-hybridized carbons (Fsp3) is 0.300. The summed E-state index contributed by atoms with van der Waals surface area (Å²) in [5, 5.41) is 6.62. The molecule has 1 amide bonds. The highest BCUT2D eigenvalue weighted by Gasteiger charge is 2.16. The van der Waals surface area contributed by atoms with Gasteiger partial charge in [0.25, 0.3) is 5.91 Å². The molecule has 0 aromatic heterocycles. The van der Waals surface area contributed by atoms with Gasteiger partial charge in [-0.2, -0.15) is 0 Å². The number of amides is 1. The van der Waals surface area contributed by atoms with Crippen LogP contribution >= 0.6 is 35.4 Å². The van der Waals surface area contributed by atoms with Gasteiger partial charge in [0.2, 0.25) is 0 Å². The summed E-state index contributed by atoms with van der Waals surface area (Å²) in [6, 6.07) is 12.7. The van der Waals surface area contributed by atoms with E-state index in [1.807, 2.05) is 12.1 Å². The number of likely N-dealkylation sites (N-methyl/N-ethyl adjacent to an activating group) is 1. The van der Waals surface area contributed by atoms with Crippen molar-refractivity contribution in [1.82, 2.24) is 10.2 Å². The van der Waals surface area contributed by atoms with Gasteiger partial charge in [-0.15, -0.1) is 0 Å². The van der Waals surface area contributed by atoms with E-state index in [0.29, 0.717) is 15.6 Å². The van der Waals surface area contributed by atoms with E-state index >= 15 is 0 Å². The van der Waals surface area contributed by atoms with Crippen molar-refractivity contribution >= 4 is 57.8 Å². The Morgan fingerprint density at radius 3 is 2.32 bits per heavy atom. The fourth-order valence-electron chi connectivity index (χ4n) is 3.05. The van der Waals surface area contributed by atoms with E-state index in [9.17, 15) is 4.79 Å². The van der Waals surface area contributed by atoms with E-state index in [4.69, 9.17) is 35.4 Å². The van der Waals surface area contributed by atoms with Gasteiger partial charge in [0.05, 0.1) is 10.0 Å². The number of thiocarbonyl (C=S) groups is 1. The molecule has 148 valence electrons. The third kappa shape index (κ3) is 5.35. The van der Waals surface area contributed by atoms with E-state index in [0.717, 1.165) is 38.4 Å². The SMILES string of the molecule is CCN1CCN(c2ccc(NC(=S)NC(=O)c3ccc(Cl)c(Cl)c3)cc2)CC1. The first-order chi connectivity index (χ1) is 13.5. The summed E-state index contributed by atoms with van der Waals surface area (Å²) >= 11 is 17.1. The van der Waals surface area contributed by atoms with Gasteiger partial charge < -0.3 is 15.1 Å². The average molecular weight is 437 g/mol. The smallest absolute Gasteiger partial charge is 0.257 e. The normalized spacial score (nSPS) is 14.6. The van der Waals surface area contributed by atoms with Crippen molar-refractivity contribution in [3.8, 4) is 0 Å². The molecule has 0 radical (unpaired) electrons. The predicted molar refractivity (Wildman–Crippen MR) is 121 cm³/mol. The van der Waals surface area contributed by atoms with Gasteiger partial charge in [-0.3, -0.25) is 10.1 Å². The van der Waals surface area contributed by atoms with Crippen LogP contribution in [0.5, 0.6) is 0 Å². The number of rotatable bonds is 4. The quantitative estimate of drug-likeness (QED) is 0.700. The molecule has 28 heavy (non-hydrogen) atoms. The second-order valence-electron chi connectivity index (χ2n) is 6.51. The van der Waals surface area contributed by atoms with Crippen molar-refractivity contribution in [2.45, 2.75) is 6.92 Å². The molecule has 0 saturated carbocycles. The minimum Gasteiger partial charge on any atom is -0.369 e. The highest BCUT2D eigenvalue weighted by atomic mass is 35.5. The molecule has 5 nitrogen and oxygen atoms in total. The van der Waals surface area contributed by atoms with Gasteiger partial charge in [-0.1, -0.05) is 30.1 Å². The Morgan fingerprint density at radius 2 is 1.71 bits per heavy atom. The van der Waals surface area contributed by atoms with Crippen LogP contribution in [-0.4, -0.2) is 48.6 Å². The van der Waals surface area contributed by atoms with Crippen molar-refractivity contribution in [2.75, 3.05) is 42.9 Å². The zero-order chi connectivity index (χ0) is 20.1. The summed E-state index contributed by atoms with van der Waals surface area (Å²) in [6.07, 6.45) is 0. The van der Waals surface area contributed by atoms with Gasteiger partial charge in [-0.05, 0) is 61.2 Å². The Labute approximate surface area is 180 Å². The Balaban J connectivity index is 1.54. The molecule has 1 fully saturated rings. The Hall–Kier alpha value is -1.86. The van der Waals surface area contributed by atoms with E-state index in [1.165, 1.54) is 11.8 Å². The van der Waals surface area contributed by atoms with Crippen LogP contribution in [0.2, 0.25) is 10.0 Å². The third-order valence-corrected chi connectivity index (χ3v) is 5.66. The number of hydrogen-bond acceptors (Lipinski definition) is 4. The first kappa shape index (κ1) is 20.9. The molecule has 0 atom stereocenters. The van der Waals surface area contributed by atoms with Crippen molar-refractivity contribution in [3.05, 3.63) is 58.1 Å². The number of carbonyl (C=O) groups excluding carboxylic acids is 1. The van der Waals surface area contributed by atoms with Crippen LogP contribution in [0.15, 0.2) is 42.5 Å². The number of hydrogen-bond donors (Lipinski definition) is 2. The molecular formula is C20H22Cl2N4OS. The zero-order valence-electron chi connectivity index (χ0n) is 15.5. The topological polar surface area (TPSA) is 47.6 Å². The lowest BCUT2D eigenvalue weighted by Gasteiger charge is -2.35. The molecule has 3 rings (SSSR count). The lowest BCUT2D eigenvalue weighted by atomic mass is 10.2. The Kier molecular flexibility index (Phi) is 7.13. The second kappa shape index (κ2) is 9.56. The van der Waals surface area contributed by atoms with Crippen LogP contribution in [0.3, 0.4) is 0 Å². The summed E-state index contributed by atoms with van der Waals surface area (Å²) in [4.78, 5) is 17.1. The van der Waals surface area contributed by atoms with Crippen LogP contribution in [0.1, 0.15) is 17.3 Å². The summed E-state index contributed by atoms with van der Waals surface area (Å²) < 4.78 is 0. The molecule has 1 heterocycles. The molecule has 1 aliphatic rings. The van der Waals surface area contributed by atoms with Crippen LogP contribution in [0.4, 0.5) is 11.4 Å².